The van der Waals surface area contributed by atoms with Gasteiger partial charge in [-0.05, 0) is 55.3 Å². The topological polar surface area (TPSA) is 21.3 Å². The number of rotatable bonds is 8. The van der Waals surface area contributed by atoms with Gasteiger partial charge in [0.25, 0.3) is 0 Å². The third-order valence-corrected chi connectivity index (χ3v) is 4.03. The van der Waals surface area contributed by atoms with Crippen LogP contribution in [-0.2, 0) is 0 Å². The molecule has 2 nitrogen and oxygen atoms in total. The van der Waals surface area contributed by atoms with E-state index >= 15 is 0 Å². The van der Waals surface area contributed by atoms with E-state index in [-0.39, 0.29) is 0 Å². The standard InChI is InChI=1S/C17H27NO/c1-4-12-19-16-10-8-15(9-11-16)17(18-5-2)13(3)14-6-7-14/h8-11,13-14,17-18H,4-7,12H2,1-3H3. The fraction of sp³-hybridized carbons (Fsp3) is 0.647. The van der Waals surface area contributed by atoms with Crippen LogP contribution in [0.15, 0.2) is 24.3 Å². The molecule has 0 amide bonds. The Kier molecular flexibility index (Phi) is 5.26. The lowest BCUT2D eigenvalue weighted by atomic mass is 9.90. The lowest BCUT2D eigenvalue weighted by Gasteiger charge is -2.25. The quantitative estimate of drug-likeness (QED) is 0.758. The Labute approximate surface area is 117 Å². The van der Waals surface area contributed by atoms with Crippen LogP contribution in [0.5, 0.6) is 5.75 Å². The second-order valence-electron chi connectivity index (χ2n) is 5.65. The van der Waals surface area contributed by atoms with Crippen molar-refractivity contribution >= 4 is 0 Å². The van der Waals surface area contributed by atoms with Crippen molar-refractivity contribution in [2.24, 2.45) is 11.8 Å². The SMILES string of the molecule is CCCOc1ccc(C(NCC)C(C)C2CC2)cc1. The van der Waals surface area contributed by atoms with Gasteiger partial charge in [-0.2, -0.15) is 0 Å². The Bertz CT molecular complexity index is 369. The van der Waals surface area contributed by atoms with Gasteiger partial charge in [0.1, 0.15) is 5.75 Å². The van der Waals surface area contributed by atoms with Crippen LogP contribution >= 0.6 is 0 Å². The van der Waals surface area contributed by atoms with Crippen molar-refractivity contribution in [2.75, 3.05) is 13.2 Å². The highest BCUT2D eigenvalue weighted by molar-refractivity contribution is 5.29. The largest absolute Gasteiger partial charge is 0.494 e. The maximum Gasteiger partial charge on any atom is 0.119 e. The molecule has 1 aromatic carbocycles. The van der Waals surface area contributed by atoms with Crippen LogP contribution in [0.3, 0.4) is 0 Å². The predicted octanol–water partition coefficient (Wildman–Crippen LogP) is 4.17. The molecule has 2 atom stereocenters. The minimum atomic E-state index is 0.484. The van der Waals surface area contributed by atoms with Crippen molar-refractivity contribution in [3.63, 3.8) is 0 Å². The number of hydrogen-bond donors (Lipinski definition) is 1. The monoisotopic (exact) mass is 261 g/mol. The van der Waals surface area contributed by atoms with Gasteiger partial charge in [-0.3, -0.25) is 0 Å². The van der Waals surface area contributed by atoms with Gasteiger partial charge in [-0.25, -0.2) is 0 Å². The van der Waals surface area contributed by atoms with E-state index in [4.69, 9.17) is 4.74 Å². The molecule has 0 heterocycles. The molecular formula is C17H27NO. The number of benzene rings is 1. The summed E-state index contributed by atoms with van der Waals surface area (Å²) in [6.45, 7) is 8.52. The molecule has 1 fully saturated rings. The van der Waals surface area contributed by atoms with Crippen LogP contribution in [0.4, 0.5) is 0 Å². The Morgan fingerprint density at radius 3 is 2.42 bits per heavy atom. The number of hydrogen-bond acceptors (Lipinski definition) is 2. The molecule has 0 spiro atoms. The van der Waals surface area contributed by atoms with Gasteiger partial charge in [-0.1, -0.05) is 32.9 Å². The van der Waals surface area contributed by atoms with Crippen LogP contribution in [0, 0.1) is 11.8 Å². The second kappa shape index (κ2) is 6.95. The highest BCUT2D eigenvalue weighted by atomic mass is 16.5. The molecule has 106 valence electrons. The van der Waals surface area contributed by atoms with Crippen molar-refractivity contribution < 1.29 is 4.74 Å². The van der Waals surface area contributed by atoms with Gasteiger partial charge in [0.2, 0.25) is 0 Å². The fourth-order valence-electron chi connectivity index (χ4n) is 2.71. The summed E-state index contributed by atoms with van der Waals surface area (Å²) >= 11 is 0. The van der Waals surface area contributed by atoms with Crippen LogP contribution in [0.1, 0.15) is 51.6 Å². The number of ether oxygens (including phenoxy) is 1. The second-order valence-corrected chi connectivity index (χ2v) is 5.65. The zero-order valence-electron chi connectivity index (χ0n) is 12.5. The molecule has 1 aromatic rings. The zero-order chi connectivity index (χ0) is 13.7. The van der Waals surface area contributed by atoms with E-state index in [1.165, 1.54) is 18.4 Å². The first-order valence-corrected chi connectivity index (χ1v) is 7.72. The maximum atomic E-state index is 5.65. The van der Waals surface area contributed by atoms with Crippen LogP contribution in [0.25, 0.3) is 0 Å². The number of nitrogens with one attached hydrogen (secondary N) is 1. The molecule has 2 heteroatoms. The van der Waals surface area contributed by atoms with Crippen molar-refractivity contribution in [1.82, 2.24) is 5.32 Å². The summed E-state index contributed by atoms with van der Waals surface area (Å²) in [6.07, 6.45) is 3.86. The molecule has 0 aromatic heterocycles. The summed E-state index contributed by atoms with van der Waals surface area (Å²) in [5, 5.41) is 3.64. The maximum absolute atomic E-state index is 5.65. The molecule has 19 heavy (non-hydrogen) atoms. The average molecular weight is 261 g/mol. The van der Waals surface area contributed by atoms with Crippen molar-refractivity contribution in [2.45, 2.75) is 46.1 Å². The molecular weight excluding hydrogens is 234 g/mol. The highest BCUT2D eigenvalue weighted by Crippen LogP contribution is 2.42. The molecule has 1 aliphatic carbocycles. The molecule has 1 saturated carbocycles. The summed E-state index contributed by atoms with van der Waals surface area (Å²) in [5.74, 6) is 2.63. The molecule has 0 saturated heterocycles. The average Bonchev–Trinajstić information content (AvgIpc) is 3.27. The van der Waals surface area contributed by atoms with E-state index in [9.17, 15) is 0 Å². The first kappa shape index (κ1) is 14.4. The van der Waals surface area contributed by atoms with E-state index in [1.54, 1.807) is 0 Å². The highest BCUT2D eigenvalue weighted by Gasteiger charge is 2.33. The van der Waals surface area contributed by atoms with Gasteiger partial charge in [0.15, 0.2) is 0 Å². The van der Waals surface area contributed by atoms with E-state index in [0.717, 1.165) is 37.2 Å². The van der Waals surface area contributed by atoms with Crippen molar-refractivity contribution in [1.29, 1.82) is 0 Å². The van der Waals surface area contributed by atoms with E-state index in [2.05, 4.69) is 50.4 Å². The smallest absolute Gasteiger partial charge is 0.119 e. The van der Waals surface area contributed by atoms with Crippen LogP contribution < -0.4 is 10.1 Å². The first-order chi connectivity index (χ1) is 9.26. The first-order valence-electron chi connectivity index (χ1n) is 7.72. The lowest BCUT2D eigenvalue weighted by Crippen LogP contribution is -2.27. The molecule has 2 rings (SSSR count). The molecule has 1 N–H and O–H groups in total. The zero-order valence-corrected chi connectivity index (χ0v) is 12.5. The van der Waals surface area contributed by atoms with E-state index < -0.39 is 0 Å². The van der Waals surface area contributed by atoms with Gasteiger partial charge in [-0.15, -0.1) is 0 Å². The van der Waals surface area contributed by atoms with E-state index in [0.29, 0.717) is 6.04 Å². The normalized spacial score (nSPS) is 18.1. The van der Waals surface area contributed by atoms with Gasteiger partial charge in [0.05, 0.1) is 6.61 Å². The summed E-state index contributed by atoms with van der Waals surface area (Å²) in [4.78, 5) is 0. The molecule has 2 unspecified atom stereocenters. The Morgan fingerprint density at radius 1 is 1.21 bits per heavy atom. The fourth-order valence-corrected chi connectivity index (χ4v) is 2.71. The molecule has 0 radical (unpaired) electrons. The minimum Gasteiger partial charge on any atom is -0.494 e. The third-order valence-electron chi connectivity index (χ3n) is 4.03. The third kappa shape index (κ3) is 3.97. The van der Waals surface area contributed by atoms with Gasteiger partial charge >= 0.3 is 0 Å². The summed E-state index contributed by atoms with van der Waals surface area (Å²) < 4.78 is 5.65. The van der Waals surface area contributed by atoms with Crippen molar-refractivity contribution in [3.8, 4) is 5.75 Å². The van der Waals surface area contributed by atoms with Gasteiger partial charge in [0, 0.05) is 6.04 Å². The van der Waals surface area contributed by atoms with Crippen LogP contribution in [-0.4, -0.2) is 13.2 Å². The predicted molar refractivity (Wildman–Crippen MR) is 80.5 cm³/mol. The summed E-state index contributed by atoms with van der Waals surface area (Å²) in [5.41, 5.74) is 1.39. The summed E-state index contributed by atoms with van der Waals surface area (Å²) in [6, 6.07) is 9.14. The molecule has 1 aliphatic rings. The minimum absolute atomic E-state index is 0.484. The summed E-state index contributed by atoms with van der Waals surface area (Å²) in [7, 11) is 0. The Balaban J connectivity index is 2.03. The van der Waals surface area contributed by atoms with E-state index in [1.807, 2.05) is 0 Å². The van der Waals surface area contributed by atoms with Gasteiger partial charge < -0.3 is 10.1 Å². The molecule has 0 bridgehead atoms. The van der Waals surface area contributed by atoms with Crippen LogP contribution in [0.2, 0.25) is 0 Å². The lowest BCUT2D eigenvalue weighted by molar-refractivity contribution is 0.316. The molecule has 0 aliphatic heterocycles. The van der Waals surface area contributed by atoms with Crippen molar-refractivity contribution in [3.05, 3.63) is 29.8 Å². The Hall–Kier alpha value is -1.02. The Morgan fingerprint density at radius 2 is 1.89 bits per heavy atom.